The molecule has 0 amide bonds. The first-order valence-electron chi connectivity index (χ1n) is 40.8. The Hall–Kier alpha value is -4.54. The van der Waals surface area contributed by atoms with E-state index in [9.17, 15) is 43.2 Å². The van der Waals surface area contributed by atoms with Gasteiger partial charge in [-0.05, 0) is 154 Å². The molecule has 0 aliphatic rings. The lowest BCUT2D eigenvalue weighted by atomic mass is 10.1. The van der Waals surface area contributed by atoms with Crippen molar-refractivity contribution in [3.63, 3.8) is 0 Å². The van der Waals surface area contributed by atoms with Crippen LogP contribution in [0.2, 0.25) is 0 Å². The highest BCUT2D eigenvalue weighted by Gasteiger charge is 2.30. The van der Waals surface area contributed by atoms with Gasteiger partial charge in [-0.1, -0.05) is 278 Å². The number of ether oxygens (including phenoxy) is 4. The summed E-state index contributed by atoms with van der Waals surface area (Å²) in [5.41, 5.74) is 0. The van der Waals surface area contributed by atoms with Crippen molar-refractivity contribution in [2.24, 2.45) is 0 Å². The molecule has 598 valence electrons. The number of carbonyl (C=O) groups excluding carboxylic acids is 4. The van der Waals surface area contributed by atoms with E-state index in [1.165, 1.54) is 38.5 Å². The van der Waals surface area contributed by atoms with Crippen LogP contribution in [0.3, 0.4) is 0 Å². The van der Waals surface area contributed by atoms with Crippen LogP contribution >= 0.6 is 15.6 Å². The summed E-state index contributed by atoms with van der Waals surface area (Å²) in [5, 5.41) is 10.6. The first-order chi connectivity index (χ1) is 50.7. The molecule has 0 heterocycles. The van der Waals surface area contributed by atoms with E-state index in [2.05, 4.69) is 149 Å². The standard InChI is InChI=1S/C85H146O17P2/c1-5-9-13-17-21-25-29-33-36-38-39-41-43-47-50-54-58-62-66-70-83(88)96-76-81(102-85(90)72-68-64-60-56-52-48-44-40-37-34-30-26-22-18-14-10-6-2)78-100-104(93,94)98-74-79(86)73-97-103(91,92)99-77-80(101-84(89)71-67-63-59-55-51-45-32-28-24-20-16-12-8-4)75-95-82(87)69-65-61-57-53-49-46-42-35-31-27-23-19-15-11-7-3/h10,14,16,20-23,25-28,32-37,39,41-42,79-81,86H,5-9,11-13,15,17-19,24,29-31,38,40,43-78H2,1-4H3,(H,91,92)(H,93,94)/b14-10-,20-16-,25-21-,26-22-,27-23-,32-28-,36-33-,37-34-,41-39-,42-35-. The van der Waals surface area contributed by atoms with Crippen LogP contribution in [0.4, 0.5) is 0 Å². The number of rotatable bonds is 76. The molecule has 0 rings (SSSR count). The Labute approximate surface area is 632 Å². The van der Waals surface area contributed by atoms with Crippen LogP contribution in [-0.2, 0) is 65.4 Å². The summed E-state index contributed by atoms with van der Waals surface area (Å²) in [5.74, 6) is -2.22. The molecule has 0 fully saturated rings. The fraction of sp³-hybridized carbons (Fsp3) is 0.718. The maximum Gasteiger partial charge on any atom is 0.472 e. The minimum Gasteiger partial charge on any atom is -0.462 e. The lowest BCUT2D eigenvalue weighted by Crippen LogP contribution is -2.30. The zero-order chi connectivity index (χ0) is 76.0. The number of phosphoric acid groups is 2. The first-order valence-corrected chi connectivity index (χ1v) is 43.8. The van der Waals surface area contributed by atoms with E-state index in [0.717, 1.165) is 218 Å². The normalized spacial score (nSPS) is 14.5. The Bertz CT molecular complexity index is 2440. The summed E-state index contributed by atoms with van der Waals surface area (Å²) >= 11 is 0. The number of carbonyl (C=O) groups is 4. The van der Waals surface area contributed by atoms with Gasteiger partial charge in [0.05, 0.1) is 26.4 Å². The second-order valence-electron chi connectivity index (χ2n) is 27.0. The molecule has 0 saturated carbocycles. The predicted molar refractivity (Wildman–Crippen MR) is 427 cm³/mol. The fourth-order valence-electron chi connectivity index (χ4n) is 10.7. The third-order valence-corrected chi connectivity index (χ3v) is 18.8. The summed E-state index contributed by atoms with van der Waals surface area (Å²) < 4.78 is 68.6. The van der Waals surface area contributed by atoms with Crippen LogP contribution in [0.1, 0.15) is 336 Å². The highest BCUT2D eigenvalue weighted by Crippen LogP contribution is 2.45. The largest absolute Gasteiger partial charge is 0.472 e. The minimum absolute atomic E-state index is 0.0741. The highest BCUT2D eigenvalue weighted by atomic mass is 31.2. The van der Waals surface area contributed by atoms with Crippen molar-refractivity contribution in [2.45, 2.75) is 354 Å². The molecule has 0 spiro atoms. The second kappa shape index (κ2) is 76.6. The molecule has 0 aromatic carbocycles. The SMILES string of the molecule is CC/C=C\C/C=C\C/C=C\CCCCCCCCCC(=O)OC(COC(=O)CCCCCCCC/C=C\C/C=C\C/C=C\CCCCC)COP(=O)(O)OCC(O)COP(=O)(O)OCC(COC(=O)CCCCCCC/C=C\C/C=C\CCCCC)OC(=O)CCCCCCC/C=C\C/C=C\CCC. The lowest BCUT2D eigenvalue weighted by Gasteiger charge is -2.21. The van der Waals surface area contributed by atoms with Crippen LogP contribution in [0, 0.1) is 0 Å². The van der Waals surface area contributed by atoms with Gasteiger partial charge < -0.3 is 33.8 Å². The lowest BCUT2D eigenvalue weighted by molar-refractivity contribution is -0.161. The fourth-order valence-corrected chi connectivity index (χ4v) is 12.2. The van der Waals surface area contributed by atoms with Crippen molar-refractivity contribution in [1.29, 1.82) is 0 Å². The van der Waals surface area contributed by atoms with E-state index < -0.39 is 97.5 Å². The van der Waals surface area contributed by atoms with Crippen LogP contribution < -0.4 is 0 Å². The van der Waals surface area contributed by atoms with Gasteiger partial charge in [-0.25, -0.2) is 9.13 Å². The Balaban J connectivity index is 5.38. The number of allylic oxidation sites excluding steroid dienone is 20. The van der Waals surface area contributed by atoms with Crippen molar-refractivity contribution < 1.29 is 80.2 Å². The molecule has 3 N–H and O–H groups in total. The highest BCUT2D eigenvalue weighted by molar-refractivity contribution is 7.47. The molecule has 0 aromatic heterocycles. The Morgan fingerprint density at radius 1 is 0.279 bits per heavy atom. The van der Waals surface area contributed by atoms with E-state index >= 15 is 0 Å². The van der Waals surface area contributed by atoms with Gasteiger partial charge >= 0.3 is 39.5 Å². The molecule has 5 unspecified atom stereocenters. The van der Waals surface area contributed by atoms with Crippen molar-refractivity contribution in [3.8, 4) is 0 Å². The maximum absolute atomic E-state index is 13.1. The Morgan fingerprint density at radius 3 is 0.808 bits per heavy atom. The van der Waals surface area contributed by atoms with E-state index in [1.807, 2.05) is 0 Å². The number of unbranched alkanes of at least 4 members (excludes halogenated alkanes) is 30. The summed E-state index contributed by atoms with van der Waals surface area (Å²) in [6.07, 6.45) is 84.5. The smallest absolute Gasteiger partial charge is 0.462 e. The number of hydrogen-bond acceptors (Lipinski definition) is 15. The molecule has 19 heteroatoms. The summed E-state index contributed by atoms with van der Waals surface area (Å²) in [6, 6.07) is 0. The topological polar surface area (TPSA) is 237 Å². The van der Waals surface area contributed by atoms with Gasteiger partial charge in [0.2, 0.25) is 0 Å². The van der Waals surface area contributed by atoms with Gasteiger partial charge in [0, 0.05) is 25.7 Å². The third kappa shape index (κ3) is 75.7. The van der Waals surface area contributed by atoms with Gasteiger partial charge in [-0.3, -0.25) is 37.3 Å². The van der Waals surface area contributed by atoms with E-state index in [1.54, 1.807) is 0 Å². The molecule has 0 radical (unpaired) electrons. The maximum atomic E-state index is 13.1. The van der Waals surface area contributed by atoms with Gasteiger partial charge in [0.15, 0.2) is 12.2 Å². The molecule has 5 atom stereocenters. The molecular weight excluding hydrogens is 1350 g/mol. The predicted octanol–water partition coefficient (Wildman–Crippen LogP) is 23.9. The van der Waals surface area contributed by atoms with Crippen molar-refractivity contribution in [1.82, 2.24) is 0 Å². The van der Waals surface area contributed by atoms with Gasteiger partial charge in [0.1, 0.15) is 19.3 Å². The number of aliphatic hydroxyl groups excluding tert-OH is 1. The second-order valence-corrected chi connectivity index (χ2v) is 29.9. The molecule has 0 saturated heterocycles. The molecule has 0 bridgehead atoms. The molecule has 0 aromatic rings. The van der Waals surface area contributed by atoms with Crippen LogP contribution in [0.25, 0.3) is 0 Å². The quantitative estimate of drug-likeness (QED) is 0.0169. The zero-order valence-electron chi connectivity index (χ0n) is 65.4. The molecule has 0 aliphatic heterocycles. The van der Waals surface area contributed by atoms with Crippen LogP contribution in [-0.4, -0.2) is 96.7 Å². The van der Waals surface area contributed by atoms with Crippen molar-refractivity contribution in [3.05, 3.63) is 122 Å². The average molecular weight is 1500 g/mol. The summed E-state index contributed by atoms with van der Waals surface area (Å²) in [6.45, 7) is 4.62. The first kappa shape index (κ1) is 99.5. The molecule has 104 heavy (non-hydrogen) atoms. The number of esters is 4. The van der Waals surface area contributed by atoms with Crippen LogP contribution in [0.15, 0.2) is 122 Å². The average Bonchev–Trinajstić information content (AvgIpc) is 0.917. The van der Waals surface area contributed by atoms with Gasteiger partial charge in [0.25, 0.3) is 0 Å². The summed E-state index contributed by atoms with van der Waals surface area (Å²) in [4.78, 5) is 73.1. The minimum atomic E-state index is -4.99. The number of aliphatic hydroxyl groups is 1. The molecule has 0 aliphatic carbocycles. The van der Waals surface area contributed by atoms with Crippen LogP contribution in [0.5, 0.6) is 0 Å². The molecular formula is C85H146O17P2. The number of hydrogen-bond donors (Lipinski definition) is 3. The van der Waals surface area contributed by atoms with Gasteiger partial charge in [-0.15, -0.1) is 0 Å². The monoisotopic (exact) mass is 1500 g/mol. The van der Waals surface area contributed by atoms with E-state index in [-0.39, 0.29) is 25.7 Å². The van der Waals surface area contributed by atoms with E-state index in [0.29, 0.717) is 25.7 Å². The Morgan fingerprint density at radius 2 is 0.519 bits per heavy atom. The number of phosphoric ester groups is 2. The molecule has 17 nitrogen and oxygen atoms in total. The van der Waals surface area contributed by atoms with Crippen molar-refractivity contribution in [2.75, 3.05) is 39.6 Å². The van der Waals surface area contributed by atoms with Crippen molar-refractivity contribution >= 4 is 39.5 Å². The van der Waals surface area contributed by atoms with E-state index in [4.69, 9.17) is 37.0 Å². The summed E-state index contributed by atoms with van der Waals surface area (Å²) in [7, 11) is -9.97. The Kier molecular flexibility index (Phi) is 73.3. The zero-order valence-corrected chi connectivity index (χ0v) is 67.2. The third-order valence-electron chi connectivity index (χ3n) is 16.9. The van der Waals surface area contributed by atoms with Gasteiger partial charge in [-0.2, -0.15) is 0 Å².